The summed E-state index contributed by atoms with van der Waals surface area (Å²) in [5.74, 6) is 4.80. The molecular weight excluding hydrogens is 316 g/mol. The van der Waals surface area contributed by atoms with Gasteiger partial charge in [-0.3, -0.25) is 0 Å². The highest BCUT2D eigenvalue weighted by atomic mass is 28.4. The van der Waals surface area contributed by atoms with Crippen LogP contribution in [-0.4, -0.2) is 29.6 Å². The zero-order valence-electron chi connectivity index (χ0n) is 15.4. The highest BCUT2D eigenvalue weighted by molar-refractivity contribution is 6.60. The molecule has 6 unspecified atom stereocenters. The van der Waals surface area contributed by atoms with Gasteiger partial charge in [0.05, 0.1) is 6.61 Å². The third-order valence-electron chi connectivity index (χ3n) is 7.16. The topological polar surface area (TPSA) is 27.7 Å². The molecule has 4 bridgehead atoms. The average Bonchev–Trinajstić information content (AvgIpc) is 3.36. The predicted molar refractivity (Wildman–Crippen MR) is 97.5 cm³/mol. The summed E-state index contributed by atoms with van der Waals surface area (Å²) in [6, 6.07) is 0.957. The lowest BCUT2D eigenvalue weighted by Gasteiger charge is -2.30. The molecule has 0 aromatic heterocycles. The minimum Gasteiger partial charge on any atom is -0.377 e. The summed E-state index contributed by atoms with van der Waals surface area (Å²) in [5.41, 5.74) is 1.51. The van der Waals surface area contributed by atoms with E-state index >= 15 is 0 Å². The quantitative estimate of drug-likeness (QED) is 0.479. The van der Waals surface area contributed by atoms with Crippen molar-refractivity contribution in [2.75, 3.05) is 20.8 Å². The van der Waals surface area contributed by atoms with Crippen molar-refractivity contribution in [3.05, 3.63) is 23.8 Å². The van der Waals surface area contributed by atoms with Crippen LogP contribution in [0.1, 0.15) is 39.0 Å². The van der Waals surface area contributed by atoms with Crippen LogP contribution in [0.15, 0.2) is 23.8 Å². The summed E-state index contributed by atoms with van der Waals surface area (Å²) in [4.78, 5) is 0. The van der Waals surface area contributed by atoms with E-state index in [1.54, 1.807) is 14.2 Å². The van der Waals surface area contributed by atoms with E-state index in [0.717, 1.165) is 48.2 Å². The number of fused-ring (bicyclic) bond motifs is 4. The standard InChI is InChI=1S/C20H32O3Si/c1-14-8-16-11-19(20(14)12-16)13-23-24(21-2,22-3)7-6-18-10-15-4-5-17(18)9-15/h4-5,11,14-18,20H,6-10,12-13H2,1-3H3. The molecule has 4 aliphatic rings. The fraction of sp³-hybridized carbons (Fsp3) is 0.800. The van der Waals surface area contributed by atoms with Crippen molar-refractivity contribution in [1.82, 2.24) is 0 Å². The Morgan fingerprint density at radius 2 is 1.88 bits per heavy atom. The van der Waals surface area contributed by atoms with Crippen molar-refractivity contribution in [3.8, 4) is 0 Å². The predicted octanol–water partition coefficient (Wildman–Crippen LogP) is 4.44. The Labute approximate surface area is 147 Å². The Morgan fingerprint density at radius 1 is 1.04 bits per heavy atom. The number of rotatable bonds is 8. The van der Waals surface area contributed by atoms with Crippen LogP contribution in [0.4, 0.5) is 0 Å². The molecule has 0 N–H and O–H groups in total. The molecule has 24 heavy (non-hydrogen) atoms. The normalized spacial score (nSPS) is 39.9. The van der Waals surface area contributed by atoms with Gasteiger partial charge in [0.25, 0.3) is 0 Å². The Bertz CT molecular complexity index is 525. The zero-order chi connectivity index (χ0) is 16.7. The molecule has 4 heteroatoms. The van der Waals surface area contributed by atoms with Gasteiger partial charge in [0.2, 0.25) is 0 Å². The SMILES string of the molecule is CO[Si](CCC1CC2C=CC1C2)(OC)OCC1=CC2CC(C)C1C2. The molecule has 0 aromatic rings. The van der Waals surface area contributed by atoms with Crippen LogP contribution in [-0.2, 0) is 13.3 Å². The van der Waals surface area contributed by atoms with Crippen LogP contribution < -0.4 is 0 Å². The number of hydrogen-bond donors (Lipinski definition) is 0. The Hall–Kier alpha value is -0.423. The van der Waals surface area contributed by atoms with Crippen LogP contribution >= 0.6 is 0 Å². The number of allylic oxidation sites excluding steroid dienone is 3. The minimum absolute atomic E-state index is 0.718. The van der Waals surface area contributed by atoms with Gasteiger partial charge in [-0.2, -0.15) is 0 Å². The summed E-state index contributed by atoms with van der Waals surface area (Å²) in [6.45, 7) is 3.10. The number of hydrogen-bond acceptors (Lipinski definition) is 3. The van der Waals surface area contributed by atoms with Crippen molar-refractivity contribution < 1.29 is 13.3 Å². The lowest BCUT2D eigenvalue weighted by Crippen LogP contribution is -2.45. The molecular formula is C20H32O3Si. The van der Waals surface area contributed by atoms with Crippen molar-refractivity contribution in [2.24, 2.45) is 35.5 Å². The van der Waals surface area contributed by atoms with Gasteiger partial charge in [0, 0.05) is 20.3 Å². The maximum atomic E-state index is 6.36. The van der Waals surface area contributed by atoms with Crippen LogP contribution in [0, 0.1) is 35.5 Å². The largest absolute Gasteiger partial charge is 0.500 e. The van der Waals surface area contributed by atoms with Gasteiger partial charge in [0.15, 0.2) is 0 Å². The second-order valence-electron chi connectivity index (χ2n) is 8.52. The minimum atomic E-state index is -2.52. The molecule has 0 amide bonds. The first-order valence-electron chi connectivity index (χ1n) is 9.75. The van der Waals surface area contributed by atoms with E-state index in [1.165, 1.54) is 37.7 Å². The molecule has 4 rings (SSSR count). The van der Waals surface area contributed by atoms with E-state index in [1.807, 2.05) is 0 Å². The van der Waals surface area contributed by atoms with E-state index < -0.39 is 8.80 Å². The third-order valence-corrected chi connectivity index (χ3v) is 9.89. The maximum Gasteiger partial charge on any atom is 0.500 e. The Kier molecular flexibility index (Phi) is 4.76. The molecule has 0 heterocycles. The van der Waals surface area contributed by atoms with E-state index in [4.69, 9.17) is 13.3 Å². The molecule has 0 saturated heterocycles. The average molecular weight is 349 g/mol. The fourth-order valence-corrected chi connectivity index (χ4v) is 7.86. The first-order valence-corrected chi connectivity index (χ1v) is 11.7. The Morgan fingerprint density at radius 3 is 2.46 bits per heavy atom. The summed E-state index contributed by atoms with van der Waals surface area (Å²) in [6.07, 6.45) is 13.9. The maximum absolute atomic E-state index is 6.36. The lowest BCUT2D eigenvalue weighted by atomic mass is 9.89. The van der Waals surface area contributed by atoms with Gasteiger partial charge < -0.3 is 13.3 Å². The second-order valence-corrected chi connectivity index (χ2v) is 11.5. The Balaban J connectivity index is 1.33. The van der Waals surface area contributed by atoms with Crippen molar-refractivity contribution in [1.29, 1.82) is 0 Å². The smallest absolute Gasteiger partial charge is 0.377 e. The molecule has 2 fully saturated rings. The van der Waals surface area contributed by atoms with Crippen LogP contribution in [0.5, 0.6) is 0 Å². The summed E-state index contributed by atoms with van der Waals surface area (Å²) in [7, 11) is 1.02. The molecule has 0 spiro atoms. The molecule has 4 aliphatic carbocycles. The van der Waals surface area contributed by atoms with Crippen molar-refractivity contribution in [3.63, 3.8) is 0 Å². The summed E-state index contributed by atoms with van der Waals surface area (Å²) < 4.78 is 18.0. The van der Waals surface area contributed by atoms with E-state index in [-0.39, 0.29) is 0 Å². The van der Waals surface area contributed by atoms with Crippen molar-refractivity contribution >= 4 is 8.80 Å². The van der Waals surface area contributed by atoms with Crippen molar-refractivity contribution in [2.45, 2.75) is 45.1 Å². The van der Waals surface area contributed by atoms with Gasteiger partial charge in [-0.05, 0) is 73.2 Å². The fourth-order valence-electron chi connectivity index (χ4n) is 5.79. The molecule has 2 saturated carbocycles. The van der Waals surface area contributed by atoms with E-state index in [2.05, 4.69) is 25.2 Å². The molecule has 6 atom stereocenters. The highest BCUT2D eigenvalue weighted by Gasteiger charge is 2.44. The molecule has 3 nitrogen and oxygen atoms in total. The van der Waals surface area contributed by atoms with Crippen LogP contribution in [0.25, 0.3) is 0 Å². The second kappa shape index (κ2) is 6.71. The summed E-state index contributed by atoms with van der Waals surface area (Å²) in [5, 5.41) is 0. The first kappa shape index (κ1) is 17.0. The zero-order valence-corrected chi connectivity index (χ0v) is 16.4. The van der Waals surface area contributed by atoms with Gasteiger partial charge in [-0.25, -0.2) is 0 Å². The third kappa shape index (κ3) is 3.07. The molecule has 134 valence electrons. The highest BCUT2D eigenvalue weighted by Crippen LogP contribution is 2.48. The van der Waals surface area contributed by atoms with Gasteiger partial charge in [-0.15, -0.1) is 0 Å². The van der Waals surface area contributed by atoms with E-state index in [9.17, 15) is 0 Å². The first-order chi connectivity index (χ1) is 11.6. The van der Waals surface area contributed by atoms with Crippen LogP contribution in [0.3, 0.4) is 0 Å². The summed E-state index contributed by atoms with van der Waals surface area (Å²) >= 11 is 0. The molecule has 0 aromatic carbocycles. The molecule has 0 radical (unpaired) electrons. The van der Waals surface area contributed by atoms with Crippen LogP contribution in [0.2, 0.25) is 6.04 Å². The van der Waals surface area contributed by atoms with E-state index in [0.29, 0.717) is 0 Å². The van der Waals surface area contributed by atoms with Gasteiger partial charge in [0.1, 0.15) is 0 Å². The lowest BCUT2D eigenvalue weighted by molar-refractivity contribution is 0.102. The molecule has 0 aliphatic heterocycles. The monoisotopic (exact) mass is 348 g/mol. The van der Waals surface area contributed by atoms with Gasteiger partial charge >= 0.3 is 8.80 Å². The van der Waals surface area contributed by atoms with Gasteiger partial charge in [-0.1, -0.05) is 25.2 Å².